The van der Waals surface area contributed by atoms with Crippen LogP contribution in [-0.4, -0.2) is 168 Å². The smallest absolute Gasteiger partial charge is 0.457 e. The van der Waals surface area contributed by atoms with Gasteiger partial charge in [-0.2, -0.15) is 0 Å². The Morgan fingerprint density at radius 2 is 0.714 bits per heavy atom. The Labute approximate surface area is 546 Å². The molecule has 1 amide bonds. The highest BCUT2D eigenvalue weighted by molar-refractivity contribution is 7.46. The molecule has 2 aliphatic rings. The van der Waals surface area contributed by atoms with Gasteiger partial charge in [0, 0.05) is 0 Å². The molecule has 0 aromatic rings. The number of aliphatic hydroxyl groups is 7. The van der Waals surface area contributed by atoms with Gasteiger partial charge in [-0.1, -0.05) is 259 Å². The van der Waals surface area contributed by atoms with Crippen molar-refractivity contribution in [1.82, 2.24) is 5.32 Å². The summed E-state index contributed by atoms with van der Waals surface area (Å²) in [6.07, 6.45) is 14.3. The van der Waals surface area contributed by atoms with Gasteiger partial charge in [-0.25, -0.2) is 4.57 Å². The Morgan fingerprint density at radius 3 is 1.05 bits per heavy atom. The molecule has 2 saturated heterocycles. The summed E-state index contributed by atoms with van der Waals surface area (Å²) < 4.78 is 52.9. The molecule has 2 heterocycles. The van der Waals surface area contributed by atoms with Crippen molar-refractivity contribution in [1.29, 1.82) is 0 Å². The van der Waals surface area contributed by atoms with E-state index < -0.39 is 156 Å². The SMILES string of the molecule is CCCCCCCCCCC[C@@H](O)CC(=O)N[C@@H]1[C@H](OC[C@H]2O[C@H](OP(=O)(O)O)[C@H](OC(=O)C[C@H](O)CCCCCCCCCCC)[C@@H](OC(=O)C[C@H](O)CCCCCCCCCCC)[C@@H]2O)O[C@H](CO)[C@@H](O)[C@@H]1OC(=O)C[C@H](O)CCCCCCCCCCC. The van der Waals surface area contributed by atoms with Gasteiger partial charge < -0.3 is 79.3 Å². The normalized spacial score (nSPS) is 23.3. The number of hydrogen-bond acceptors (Lipinski definition) is 19. The third kappa shape index (κ3) is 40.7. The van der Waals surface area contributed by atoms with E-state index in [4.69, 9.17) is 32.9 Å². The largest absolute Gasteiger partial charge is 0.472 e. The zero-order valence-corrected chi connectivity index (χ0v) is 57.4. The zero-order valence-electron chi connectivity index (χ0n) is 56.5. The van der Waals surface area contributed by atoms with Crippen molar-refractivity contribution in [2.75, 3.05) is 13.2 Å². The molecule has 0 saturated carbocycles. The van der Waals surface area contributed by atoms with Gasteiger partial charge in [-0.15, -0.1) is 0 Å². The molecule has 22 nitrogen and oxygen atoms in total. The lowest BCUT2D eigenvalue weighted by Gasteiger charge is -2.45. The summed E-state index contributed by atoms with van der Waals surface area (Å²) in [6, 6.07) is -1.62. The second kappa shape index (κ2) is 52.7. The Morgan fingerprint density at radius 1 is 0.418 bits per heavy atom. The van der Waals surface area contributed by atoms with Crippen LogP contribution >= 0.6 is 7.82 Å². The Hall–Kier alpha value is -2.41. The molecule has 10 N–H and O–H groups in total. The third-order valence-electron chi connectivity index (χ3n) is 17.5. The number of nitrogens with one attached hydrogen (secondary N) is 1. The molecular weight excluding hydrogens is 1200 g/mol. The molecule has 0 aromatic carbocycles. The van der Waals surface area contributed by atoms with Crippen LogP contribution in [0.1, 0.15) is 310 Å². The number of esters is 3. The summed E-state index contributed by atoms with van der Waals surface area (Å²) in [7, 11) is -5.58. The first-order chi connectivity index (χ1) is 43.8. The Bertz CT molecular complexity index is 1880. The number of hydrogen-bond donors (Lipinski definition) is 10. The molecule has 0 unspecified atom stereocenters. The maximum absolute atomic E-state index is 13.9. The van der Waals surface area contributed by atoms with Crippen LogP contribution in [0, 0.1) is 0 Å². The quantitative estimate of drug-likeness (QED) is 0.0117. The number of phosphoric acid groups is 1. The van der Waals surface area contributed by atoms with Crippen molar-refractivity contribution >= 4 is 31.6 Å². The minimum atomic E-state index is -5.58. The number of unbranched alkanes of at least 4 members (excludes halogenated alkanes) is 32. The first-order valence-electron chi connectivity index (χ1n) is 36.0. The maximum Gasteiger partial charge on any atom is 0.472 e. The van der Waals surface area contributed by atoms with Gasteiger partial charge in [0.15, 0.2) is 24.6 Å². The van der Waals surface area contributed by atoms with Gasteiger partial charge in [-0.05, 0) is 25.7 Å². The lowest BCUT2D eigenvalue weighted by Crippen LogP contribution is -2.67. The lowest BCUT2D eigenvalue weighted by atomic mass is 9.95. The van der Waals surface area contributed by atoms with Crippen LogP contribution in [-0.2, 0) is 56.7 Å². The molecule has 2 fully saturated rings. The fourth-order valence-corrected chi connectivity index (χ4v) is 12.4. The van der Waals surface area contributed by atoms with E-state index in [0.29, 0.717) is 32.1 Å². The van der Waals surface area contributed by atoms with Gasteiger partial charge >= 0.3 is 25.7 Å². The van der Waals surface area contributed by atoms with Crippen molar-refractivity contribution in [2.45, 2.75) is 396 Å². The van der Waals surface area contributed by atoms with Gasteiger partial charge in [0.1, 0.15) is 30.5 Å². The van der Waals surface area contributed by atoms with Crippen LogP contribution in [0.25, 0.3) is 0 Å². The zero-order chi connectivity index (χ0) is 67.1. The fourth-order valence-electron chi connectivity index (χ4n) is 12.0. The lowest BCUT2D eigenvalue weighted by molar-refractivity contribution is -0.312. The van der Waals surface area contributed by atoms with Crippen LogP contribution in [0.4, 0.5) is 0 Å². The van der Waals surface area contributed by atoms with Crippen LogP contribution in [0.5, 0.6) is 0 Å². The number of amides is 1. The number of rotatable bonds is 58. The van der Waals surface area contributed by atoms with Crippen molar-refractivity contribution in [3.8, 4) is 0 Å². The van der Waals surface area contributed by atoms with E-state index in [0.717, 1.165) is 141 Å². The number of carbonyl (C=O) groups is 4. The molecular formula is C68H128NO21P. The summed E-state index contributed by atoms with van der Waals surface area (Å²) >= 11 is 0. The summed E-state index contributed by atoms with van der Waals surface area (Å²) in [5, 5.41) is 80.8. The minimum Gasteiger partial charge on any atom is -0.457 e. The Kier molecular flexibility index (Phi) is 49.1. The maximum atomic E-state index is 13.9. The molecule has 2 aliphatic heterocycles. The molecule has 23 heteroatoms. The van der Waals surface area contributed by atoms with E-state index in [2.05, 4.69) is 33.0 Å². The molecule has 14 atom stereocenters. The number of phosphoric ester groups is 1. The van der Waals surface area contributed by atoms with E-state index in [1.54, 1.807) is 0 Å². The average Bonchev–Trinajstić information content (AvgIpc) is 1.02. The third-order valence-corrected chi connectivity index (χ3v) is 17.9. The first-order valence-corrected chi connectivity index (χ1v) is 37.5. The topological polar surface area (TPSA) is 344 Å². The number of aliphatic hydroxyl groups excluding tert-OH is 7. The molecule has 2 rings (SSSR count). The highest BCUT2D eigenvalue weighted by atomic mass is 31.2. The molecule has 536 valence electrons. The van der Waals surface area contributed by atoms with Crippen molar-refractivity contribution in [3.63, 3.8) is 0 Å². The van der Waals surface area contributed by atoms with E-state index in [9.17, 15) is 69.3 Å². The Balaban J connectivity index is 2.43. The highest BCUT2D eigenvalue weighted by Gasteiger charge is 2.54. The summed E-state index contributed by atoms with van der Waals surface area (Å²) in [5.74, 6) is -3.93. The van der Waals surface area contributed by atoms with Crippen LogP contribution in [0.3, 0.4) is 0 Å². The predicted molar refractivity (Wildman–Crippen MR) is 347 cm³/mol. The van der Waals surface area contributed by atoms with Gasteiger partial charge in [0.25, 0.3) is 0 Å². The molecule has 91 heavy (non-hydrogen) atoms. The molecule has 0 aliphatic carbocycles. The second-order valence-electron chi connectivity index (χ2n) is 26.0. The van der Waals surface area contributed by atoms with Crippen LogP contribution in [0.15, 0.2) is 0 Å². The van der Waals surface area contributed by atoms with Crippen molar-refractivity contribution < 1.29 is 102 Å². The van der Waals surface area contributed by atoms with Crippen molar-refractivity contribution in [3.05, 3.63) is 0 Å². The molecule has 0 radical (unpaired) electrons. The van der Waals surface area contributed by atoms with Crippen LogP contribution < -0.4 is 5.32 Å². The minimum absolute atomic E-state index is 0.228. The standard InChI is InChI=1S/C68H128NO21P/c1-5-9-13-17-21-25-29-33-37-41-51(71)45-57(75)69-61-64(87-58(76)46-52(72)42-38-34-30-26-22-18-14-10-6-2)62(79)55(49-70)85-67(61)84-50-56-63(80)65(88-59(77)47-53(73)43-39-35-31-27-23-19-15-11-7-3)66(68(86-56)90-91(81,82)83)89-60(78)48-54(74)44-40-36-32-28-24-20-16-12-8-4/h51-56,61-68,70-74,79-80H,5-50H2,1-4H3,(H,69,75)(H2,81,82,83)/t51-,52-,53-,54-,55-,56-,61+,62-,63-,64-,65+,66-,67-,68-/m1/s1. The van der Waals surface area contributed by atoms with E-state index in [1.165, 1.54) is 64.2 Å². The summed E-state index contributed by atoms with van der Waals surface area (Å²) in [5.41, 5.74) is 0. The monoisotopic (exact) mass is 1330 g/mol. The van der Waals surface area contributed by atoms with E-state index >= 15 is 0 Å². The second-order valence-corrected chi connectivity index (χ2v) is 27.2. The molecule has 0 bridgehead atoms. The van der Waals surface area contributed by atoms with Gasteiger partial charge in [-0.3, -0.25) is 23.7 Å². The number of carbonyl (C=O) groups excluding carboxylic acids is 4. The van der Waals surface area contributed by atoms with Gasteiger partial charge in [0.05, 0.1) is 63.3 Å². The van der Waals surface area contributed by atoms with Crippen molar-refractivity contribution in [2.24, 2.45) is 0 Å². The molecule has 0 spiro atoms. The highest BCUT2D eigenvalue weighted by Crippen LogP contribution is 2.42. The van der Waals surface area contributed by atoms with E-state index in [-0.39, 0.29) is 19.3 Å². The summed E-state index contributed by atoms with van der Waals surface area (Å²) in [4.78, 5) is 75.3. The average molecular weight is 1330 g/mol. The first kappa shape index (κ1) is 84.7. The fraction of sp³-hybridized carbons (Fsp3) is 0.941. The van der Waals surface area contributed by atoms with Crippen LogP contribution in [0.2, 0.25) is 0 Å². The number of ether oxygens (including phenoxy) is 6. The summed E-state index contributed by atoms with van der Waals surface area (Å²) in [6.45, 7) is 6.90. The predicted octanol–water partition coefficient (Wildman–Crippen LogP) is 11.2. The van der Waals surface area contributed by atoms with Gasteiger partial charge in [0.2, 0.25) is 12.2 Å². The van der Waals surface area contributed by atoms with E-state index in [1.807, 2.05) is 0 Å². The molecule has 0 aromatic heterocycles.